The van der Waals surface area contributed by atoms with Gasteiger partial charge >= 0.3 is 0 Å². The van der Waals surface area contributed by atoms with Crippen LogP contribution >= 0.6 is 38.9 Å². The van der Waals surface area contributed by atoms with Crippen LogP contribution in [0.15, 0.2) is 29.6 Å². The summed E-state index contributed by atoms with van der Waals surface area (Å²) >= 11 is 11.5. The minimum atomic E-state index is 0.439. The molecule has 0 amide bonds. The van der Waals surface area contributed by atoms with Crippen molar-refractivity contribution in [1.29, 1.82) is 0 Å². The van der Waals surface area contributed by atoms with E-state index in [0.29, 0.717) is 6.04 Å². The maximum absolute atomic E-state index is 6.10. The normalized spacial score (nSPS) is 18.5. The lowest BCUT2D eigenvalue weighted by molar-refractivity contribution is 0.631. The van der Waals surface area contributed by atoms with Gasteiger partial charge in [0.1, 0.15) is 0 Å². The molecule has 1 atom stereocenters. The fourth-order valence-corrected chi connectivity index (χ4v) is 4.39. The molecule has 0 bridgehead atoms. The summed E-state index contributed by atoms with van der Waals surface area (Å²) in [6.45, 7) is 3.37. The third kappa shape index (κ3) is 2.44. The van der Waals surface area contributed by atoms with Gasteiger partial charge in [-0.1, -0.05) is 27.5 Å². The molecule has 1 aromatic heterocycles. The first-order chi connectivity index (χ1) is 9.20. The van der Waals surface area contributed by atoms with Crippen molar-refractivity contribution in [2.45, 2.75) is 24.7 Å². The zero-order valence-electron chi connectivity index (χ0n) is 10.7. The standard InChI is InChI=1S/C15H15BrClNS/c1-10-13-5-7-19-15(13)4-6-18(10)14-3-2-12(17)8-11(14)9-16/h2-3,5,7-8,10H,4,6,9H2,1H3. The van der Waals surface area contributed by atoms with Crippen LogP contribution < -0.4 is 4.90 Å². The Kier molecular flexibility index (Phi) is 3.88. The number of anilines is 1. The van der Waals surface area contributed by atoms with Crippen molar-refractivity contribution in [2.24, 2.45) is 0 Å². The van der Waals surface area contributed by atoms with E-state index >= 15 is 0 Å². The molecule has 0 saturated carbocycles. The third-order valence-corrected chi connectivity index (χ3v) is 5.61. The number of thiophene rings is 1. The van der Waals surface area contributed by atoms with Crippen LogP contribution in [0.2, 0.25) is 5.02 Å². The Labute approximate surface area is 131 Å². The Balaban J connectivity index is 2.00. The topological polar surface area (TPSA) is 3.24 Å². The van der Waals surface area contributed by atoms with Crippen molar-refractivity contribution in [3.63, 3.8) is 0 Å². The molecule has 19 heavy (non-hydrogen) atoms. The predicted molar refractivity (Wildman–Crippen MR) is 87.9 cm³/mol. The molecule has 1 unspecified atom stereocenters. The van der Waals surface area contributed by atoms with Gasteiger partial charge in [0.05, 0.1) is 6.04 Å². The maximum Gasteiger partial charge on any atom is 0.0525 e. The van der Waals surface area contributed by atoms with Gasteiger partial charge < -0.3 is 4.90 Å². The van der Waals surface area contributed by atoms with Crippen LogP contribution in [0.5, 0.6) is 0 Å². The number of nitrogens with zero attached hydrogens (tertiary/aromatic N) is 1. The number of hydrogen-bond acceptors (Lipinski definition) is 2. The van der Waals surface area contributed by atoms with E-state index in [0.717, 1.165) is 23.3 Å². The van der Waals surface area contributed by atoms with E-state index in [9.17, 15) is 0 Å². The summed E-state index contributed by atoms with van der Waals surface area (Å²) in [6.07, 6.45) is 1.14. The lowest BCUT2D eigenvalue weighted by atomic mass is 9.99. The highest BCUT2D eigenvalue weighted by atomic mass is 79.9. The zero-order valence-corrected chi connectivity index (χ0v) is 13.9. The van der Waals surface area contributed by atoms with Crippen LogP contribution in [0.1, 0.15) is 29.0 Å². The molecule has 3 rings (SSSR count). The smallest absolute Gasteiger partial charge is 0.0525 e. The highest BCUT2D eigenvalue weighted by Crippen LogP contribution is 2.38. The summed E-state index contributed by atoms with van der Waals surface area (Å²) in [7, 11) is 0. The molecule has 0 aliphatic carbocycles. The molecular formula is C15H15BrClNS. The number of alkyl halides is 1. The number of hydrogen-bond donors (Lipinski definition) is 0. The van der Waals surface area contributed by atoms with Crippen LogP contribution in [-0.2, 0) is 11.8 Å². The zero-order chi connectivity index (χ0) is 13.4. The Bertz CT molecular complexity index is 596. The summed E-state index contributed by atoms with van der Waals surface area (Å²) in [6, 6.07) is 8.89. The Morgan fingerprint density at radius 3 is 3.05 bits per heavy atom. The van der Waals surface area contributed by atoms with Gasteiger partial charge in [0.2, 0.25) is 0 Å². The lowest BCUT2D eigenvalue weighted by Crippen LogP contribution is -2.33. The largest absolute Gasteiger partial charge is 0.364 e. The van der Waals surface area contributed by atoms with Crippen molar-refractivity contribution in [3.05, 3.63) is 50.7 Å². The monoisotopic (exact) mass is 355 g/mol. The van der Waals surface area contributed by atoms with E-state index in [2.05, 4.69) is 51.3 Å². The summed E-state index contributed by atoms with van der Waals surface area (Å²) in [5.74, 6) is 0. The maximum atomic E-state index is 6.10. The Hall–Kier alpha value is -0.510. The minimum Gasteiger partial charge on any atom is -0.364 e. The van der Waals surface area contributed by atoms with E-state index < -0.39 is 0 Å². The number of rotatable bonds is 2. The van der Waals surface area contributed by atoms with Gasteiger partial charge in [-0.05, 0) is 54.1 Å². The van der Waals surface area contributed by atoms with Crippen molar-refractivity contribution in [2.75, 3.05) is 11.4 Å². The second-order valence-electron chi connectivity index (χ2n) is 4.83. The fraction of sp³-hybridized carbons (Fsp3) is 0.333. The molecule has 0 N–H and O–H groups in total. The second kappa shape index (κ2) is 5.47. The number of halogens is 2. The van der Waals surface area contributed by atoms with E-state index in [1.807, 2.05) is 17.4 Å². The van der Waals surface area contributed by atoms with Crippen molar-refractivity contribution in [1.82, 2.24) is 0 Å². The molecule has 0 spiro atoms. The van der Waals surface area contributed by atoms with Gasteiger partial charge in [-0.15, -0.1) is 11.3 Å². The summed E-state index contributed by atoms with van der Waals surface area (Å²) in [5.41, 5.74) is 4.04. The molecule has 2 aromatic rings. The van der Waals surface area contributed by atoms with Gasteiger partial charge in [-0.2, -0.15) is 0 Å². The van der Waals surface area contributed by atoms with Gasteiger partial charge in [-0.3, -0.25) is 0 Å². The average Bonchev–Trinajstić information content (AvgIpc) is 2.89. The highest BCUT2D eigenvalue weighted by Gasteiger charge is 2.26. The van der Waals surface area contributed by atoms with Crippen molar-refractivity contribution < 1.29 is 0 Å². The number of benzene rings is 1. The second-order valence-corrected chi connectivity index (χ2v) is 6.82. The molecule has 1 aromatic carbocycles. The van der Waals surface area contributed by atoms with Gasteiger partial charge in [0.25, 0.3) is 0 Å². The highest BCUT2D eigenvalue weighted by molar-refractivity contribution is 9.08. The average molecular weight is 357 g/mol. The molecule has 0 fully saturated rings. The fourth-order valence-electron chi connectivity index (χ4n) is 2.78. The molecule has 2 heterocycles. The Morgan fingerprint density at radius 2 is 2.26 bits per heavy atom. The number of fused-ring (bicyclic) bond motifs is 1. The molecule has 100 valence electrons. The van der Waals surface area contributed by atoms with Crippen LogP contribution in [0.4, 0.5) is 5.69 Å². The summed E-state index contributed by atoms with van der Waals surface area (Å²) in [5, 5.41) is 3.85. The molecule has 1 aliphatic rings. The van der Waals surface area contributed by atoms with E-state index in [-0.39, 0.29) is 0 Å². The molecule has 0 radical (unpaired) electrons. The van der Waals surface area contributed by atoms with Crippen molar-refractivity contribution >= 4 is 44.6 Å². The summed E-state index contributed by atoms with van der Waals surface area (Å²) in [4.78, 5) is 4.03. The molecule has 1 aliphatic heterocycles. The first kappa shape index (κ1) is 13.5. The first-order valence-corrected chi connectivity index (χ1v) is 8.76. The van der Waals surface area contributed by atoms with Gasteiger partial charge in [0, 0.05) is 27.5 Å². The van der Waals surface area contributed by atoms with Crippen molar-refractivity contribution in [3.8, 4) is 0 Å². The van der Waals surface area contributed by atoms with Gasteiger partial charge in [-0.25, -0.2) is 0 Å². The van der Waals surface area contributed by atoms with E-state index in [1.54, 1.807) is 0 Å². The van der Waals surface area contributed by atoms with Gasteiger partial charge in [0.15, 0.2) is 0 Å². The molecule has 0 saturated heterocycles. The quantitative estimate of drug-likeness (QED) is 0.649. The van der Waals surface area contributed by atoms with Crippen LogP contribution in [-0.4, -0.2) is 6.54 Å². The summed E-state index contributed by atoms with van der Waals surface area (Å²) < 4.78 is 0. The first-order valence-electron chi connectivity index (χ1n) is 6.38. The molecular weight excluding hydrogens is 342 g/mol. The van der Waals surface area contributed by atoms with Crippen LogP contribution in [0, 0.1) is 0 Å². The van der Waals surface area contributed by atoms with E-state index in [4.69, 9.17) is 11.6 Å². The lowest BCUT2D eigenvalue weighted by Gasteiger charge is -2.36. The third-order valence-electron chi connectivity index (χ3n) is 3.77. The van der Waals surface area contributed by atoms with E-state index in [1.165, 1.54) is 21.7 Å². The SMILES string of the molecule is CC1c2ccsc2CCN1c1ccc(Cl)cc1CBr. The van der Waals surface area contributed by atoms with Crippen LogP contribution in [0.3, 0.4) is 0 Å². The Morgan fingerprint density at radius 1 is 1.42 bits per heavy atom. The molecule has 1 nitrogen and oxygen atoms in total. The predicted octanol–water partition coefficient (Wildman–Crippen LogP) is 5.42. The minimum absolute atomic E-state index is 0.439. The van der Waals surface area contributed by atoms with Crippen LogP contribution in [0.25, 0.3) is 0 Å². The molecule has 4 heteroatoms.